The van der Waals surface area contributed by atoms with Crippen LogP contribution in [0.15, 0.2) is 42.5 Å². The molecule has 3 aliphatic rings. The van der Waals surface area contributed by atoms with Gasteiger partial charge in [0, 0.05) is 35.1 Å². The number of nitrogens with zero attached hydrogens (tertiary/aromatic N) is 1. The van der Waals surface area contributed by atoms with Crippen LogP contribution in [0.1, 0.15) is 74.1 Å². The molecular weight excluding hydrogens is 577 g/mol. The first-order valence-corrected chi connectivity index (χ1v) is 15.6. The van der Waals surface area contributed by atoms with Crippen LogP contribution in [0.2, 0.25) is 0 Å². The van der Waals surface area contributed by atoms with Gasteiger partial charge >= 0.3 is 0 Å². The molecule has 0 spiro atoms. The third kappa shape index (κ3) is 6.33. The smallest absolute Gasteiger partial charge is 0.261 e. The van der Waals surface area contributed by atoms with Crippen LogP contribution >= 0.6 is 0 Å². The summed E-state index contributed by atoms with van der Waals surface area (Å²) in [5.41, 5.74) is 1.64. The number of aryl methyl sites for hydroxylation is 1. The molecule has 2 fully saturated rings. The molecule has 9 nitrogen and oxygen atoms in total. The second-order valence-electron chi connectivity index (χ2n) is 12.3. The monoisotopic (exact) mass is 619 g/mol. The number of hydrogen-bond acceptors (Lipinski definition) is 7. The zero-order chi connectivity index (χ0) is 32.5. The molecule has 2 unspecified atom stereocenters. The summed E-state index contributed by atoms with van der Waals surface area (Å²) in [4.78, 5) is 30.2. The molecule has 2 aliphatic heterocycles. The summed E-state index contributed by atoms with van der Waals surface area (Å²) in [6, 6.07) is 11.4. The average molecular weight is 620 g/mol. The number of methoxy groups -OCH3 is 1. The Hall–Kier alpha value is -4.18. The van der Waals surface area contributed by atoms with Gasteiger partial charge in [-0.25, -0.2) is 9.37 Å². The lowest BCUT2D eigenvalue weighted by molar-refractivity contribution is -0.124. The highest BCUT2D eigenvalue weighted by atomic mass is 19.1. The summed E-state index contributed by atoms with van der Waals surface area (Å²) in [5.74, 6) is 0.340. The van der Waals surface area contributed by atoms with E-state index in [9.17, 15) is 19.1 Å². The molecule has 1 saturated carbocycles. The Labute approximate surface area is 263 Å². The van der Waals surface area contributed by atoms with Crippen LogP contribution < -0.4 is 24.8 Å². The van der Waals surface area contributed by atoms with Crippen LogP contribution in [0.25, 0.3) is 11.3 Å². The highest BCUT2D eigenvalue weighted by Crippen LogP contribution is 2.50. The van der Waals surface area contributed by atoms with Crippen molar-refractivity contribution in [1.82, 2.24) is 15.6 Å². The summed E-state index contributed by atoms with van der Waals surface area (Å²) in [7, 11) is 1.47. The molecule has 3 N–H and O–H groups in total. The minimum Gasteiger partial charge on any atom is -0.493 e. The minimum absolute atomic E-state index is 0.0612. The number of nitrogens with one attached hydrogen (secondary N) is 2. The molecule has 10 heteroatoms. The summed E-state index contributed by atoms with van der Waals surface area (Å²) < 4.78 is 31.5. The van der Waals surface area contributed by atoms with E-state index in [1.54, 1.807) is 37.3 Å². The number of carbonyl (C=O) groups is 2. The van der Waals surface area contributed by atoms with Gasteiger partial charge in [0.2, 0.25) is 0 Å². The number of halogens is 1. The van der Waals surface area contributed by atoms with Gasteiger partial charge in [-0.2, -0.15) is 0 Å². The number of amides is 2. The fourth-order valence-electron chi connectivity index (χ4n) is 5.79. The van der Waals surface area contributed by atoms with Gasteiger partial charge in [-0.3, -0.25) is 9.59 Å². The minimum atomic E-state index is -1.43. The van der Waals surface area contributed by atoms with E-state index in [2.05, 4.69) is 24.5 Å². The van der Waals surface area contributed by atoms with E-state index >= 15 is 0 Å². The molecular formula is C35H42FN3O6. The molecule has 6 rings (SSSR count). The third-order valence-electron chi connectivity index (χ3n) is 8.62. The van der Waals surface area contributed by atoms with Gasteiger partial charge in [-0.15, -0.1) is 0 Å². The molecule has 2 amide bonds. The Kier molecular flexibility index (Phi) is 9.07. The van der Waals surface area contributed by atoms with Crippen LogP contribution in [-0.4, -0.2) is 54.8 Å². The van der Waals surface area contributed by atoms with E-state index in [1.165, 1.54) is 13.2 Å². The summed E-state index contributed by atoms with van der Waals surface area (Å²) in [5, 5.41) is 17.8. The van der Waals surface area contributed by atoms with Gasteiger partial charge in [0.1, 0.15) is 22.9 Å². The molecule has 2 atom stereocenters. The number of aliphatic hydroxyl groups is 1. The van der Waals surface area contributed by atoms with Crippen LogP contribution in [-0.2, 0) is 15.8 Å². The third-order valence-corrected chi connectivity index (χ3v) is 8.62. The maximum atomic E-state index is 14.1. The van der Waals surface area contributed by atoms with Crippen LogP contribution in [0.4, 0.5) is 4.39 Å². The van der Waals surface area contributed by atoms with E-state index < -0.39 is 17.6 Å². The van der Waals surface area contributed by atoms with E-state index in [0.29, 0.717) is 64.9 Å². The number of ether oxygens (including phenoxy) is 3. The summed E-state index contributed by atoms with van der Waals surface area (Å²) >= 11 is 0. The highest BCUT2D eigenvalue weighted by Gasteiger charge is 2.48. The Bertz CT molecular complexity index is 1600. The van der Waals surface area contributed by atoms with Gasteiger partial charge in [-0.1, -0.05) is 27.7 Å². The van der Waals surface area contributed by atoms with Crippen molar-refractivity contribution in [2.75, 3.05) is 26.8 Å². The zero-order valence-electron chi connectivity index (χ0n) is 26.8. The number of rotatable bonds is 9. The first kappa shape index (κ1) is 32.2. The maximum Gasteiger partial charge on any atom is 0.261 e. The van der Waals surface area contributed by atoms with Gasteiger partial charge in [0.15, 0.2) is 17.6 Å². The van der Waals surface area contributed by atoms with Gasteiger partial charge < -0.3 is 30.0 Å². The SMILES string of the molecule is CC.COc1cc(C(=O)NCC(O)(c2cc3c(c(-c4ccc(F)c(C)c4)n2)OCC3(C)C)C2CC2)ccc1OC1CCNC1=O. The van der Waals surface area contributed by atoms with Gasteiger partial charge in [0.05, 0.1) is 26.0 Å². The molecule has 0 bridgehead atoms. The predicted molar refractivity (Wildman–Crippen MR) is 168 cm³/mol. The average Bonchev–Trinajstić information content (AvgIpc) is 3.76. The fourth-order valence-corrected chi connectivity index (χ4v) is 5.79. The van der Waals surface area contributed by atoms with Crippen molar-refractivity contribution >= 4 is 11.8 Å². The largest absolute Gasteiger partial charge is 0.493 e. The van der Waals surface area contributed by atoms with Crippen molar-refractivity contribution in [2.45, 2.75) is 71.0 Å². The number of aromatic nitrogens is 1. The van der Waals surface area contributed by atoms with Crippen LogP contribution in [0, 0.1) is 18.7 Å². The van der Waals surface area contributed by atoms with E-state index in [0.717, 1.165) is 18.4 Å². The topological polar surface area (TPSA) is 119 Å². The van der Waals surface area contributed by atoms with Gasteiger partial charge in [-0.05, 0) is 73.7 Å². The first-order chi connectivity index (χ1) is 21.5. The number of pyridine rings is 1. The standard InChI is InChI=1S/C33H36FN3O6.C2H6/c1-18-13-19(5-9-23(18)34)28-29-22(32(2,3)17-42-29)15-27(37-28)33(40,21-7-8-21)16-36-30(38)20-6-10-24(26(14-20)41-4)43-25-11-12-35-31(25)39;1-2/h5-6,9-10,13-15,21,25,40H,7-8,11-12,16-17H2,1-4H3,(H,35,39)(H,36,38);1-2H3. The van der Waals surface area contributed by atoms with Crippen LogP contribution in [0.5, 0.6) is 17.2 Å². The number of fused-ring (bicyclic) bond motifs is 1. The molecule has 0 radical (unpaired) electrons. The quantitative estimate of drug-likeness (QED) is 0.302. The maximum absolute atomic E-state index is 14.1. The van der Waals surface area contributed by atoms with E-state index in [-0.39, 0.29) is 29.6 Å². The molecule has 1 saturated heterocycles. The first-order valence-electron chi connectivity index (χ1n) is 15.6. The second-order valence-corrected chi connectivity index (χ2v) is 12.3. The predicted octanol–water partition coefficient (Wildman–Crippen LogP) is 5.20. The van der Waals surface area contributed by atoms with Crippen molar-refractivity contribution in [1.29, 1.82) is 0 Å². The molecule has 3 heterocycles. The Morgan fingerprint density at radius 2 is 1.91 bits per heavy atom. The molecule has 45 heavy (non-hydrogen) atoms. The normalized spacial score (nSPS) is 19.3. The van der Waals surface area contributed by atoms with Gasteiger partial charge in [0.25, 0.3) is 11.8 Å². The lowest BCUT2D eigenvalue weighted by Gasteiger charge is -2.30. The molecule has 3 aromatic rings. The fraction of sp³-hybridized carbons (Fsp3) is 0.457. The number of hydrogen-bond donors (Lipinski definition) is 3. The Balaban J connectivity index is 0.00000196. The lowest BCUT2D eigenvalue weighted by Crippen LogP contribution is -2.43. The summed E-state index contributed by atoms with van der Waals surface area (Å²) in [6.45, 7) is 10.8. The molecule has 1 aromatic heterocycles. The summed E-state index contributed by atoms with van der Waals surface area (Å²) in [6.07, 6.45) is 1.53. The Morgan fingerprint density at radius 1 is 1.16 bits per heavy atom. The Morgan fingerprint density at radius 3 is 2.56 bits per heavy atom. The zero-order valence-corrected chi connectivity index (χ0v) is 26.8. The van der Waals surface area contributed by atoms with Crippen molar-refractivity contribution in [2.24, 2.45) is 5.92 Å². The molecule has 1 aliphatic carbocycles. The second kappa shape index (κ2) is 12.7. The van der Waals surface area contributed by atoms with Crippen molar-refractivity contribution in [3.8, 4) is 28.5 Å². The lowest BCUT2D eigenvalue weighted by atomic mass is 9.83. The number of benzene rings is 2. The van der Waals surface area contributed by atoms with E-state index in [1.807, 2.05) is 19.9 Å². The van der Waals surface area contributed by atoms with E-state index in [4.69, 9.17) is 19.2 Å². The van der Waals surface area contributed by atoms with Crippen molar-refractivity contribution in [3.05, 3.63) is 70.7 Å². The number of carbonyl (C=O) groups excluding carboxylic acids is 2. The van der Waals surface area contributed by atoms with Crippen molar-refractivity contribution in [3.63, 3.8) is 0 Å². The van der Waals surface area contributed by atoms with Crippen molar-refractivity contribution < 1.29 is 33.3 Å². The highest BCUT2D eigenvalue weighted by molar-refractivity contribution is 5.95. The molecule has 2 aromatic carbocycles. The van der Waals surface area contributed by atoms with Crippen LogP contribution in [0.3, 0.4) is 0 Å². The molecule has 240 valence electrons.